The van der Waals surface area contributed by atoms with E-state index in [1.165, 1.54) is 6.07 Å². The summed E-state index contributed by atoms with van der Waals surface area (Å²) in [6.07, 6.45) is 1.54. The van der Waals surface area contributed by atoms with E-state index in [9.17, 15) is 12.6 Å². The van der Waals surface area contributed by atoms with Gasteiger partial charge in [0.2, 0.25) is 10.0 Å². The maximum Gasteiger partial charge on any atom is 0.240 e. The molecule has 0 saturated carbocycles. The molecule has 0 aromatic heterocycles. The third-order valence-corrected chi connectivity index (χ3v) is 6.26. The van der Waals surface area contributed by atoms with Crippen molar-refractivity contribution in [1.82, 2.24) is 4.72 Å². The lowest BCUT2D eigenvalue weighted by Crippen LogP contribution is -2.33. The van der Waals surface area contributed by atoms with Crippen LogP contribution in [0.25, 0.3) is 0 Å². The molecule has 1 aromatic rings. The van der Waals surface area contributed by atoms with Gasteiger partial charge in [-0.05, 0) is 47.5 Å². The van der Waals surface area contributed by atoms with Gasteiger partial charge < -0.3 is 5.73 Å². The van der Waals surface area contributed by atoms with Gasteiger partial charge in [0.15, 0.2) is 0 Å². The summed E-state index contributed by atoms with van der Waals surface area (Å²) < 4.78 is 38.6. The largest absolute Gasteiger partial charge is 0.398 e. The molecule has 0 spiro atoms. The maximum atomic E-state index is 12.2. The van der Waals surface area contributed by atoms with Crippen LogP contribution in [0, 0.1) is 6.92 Å². The number of nitrogens with two attached hydrogens (primary N) is 1. The van der Waals surface area contributed by atoms with Crippen LogP contribution in [-0.2, 0) is 20.8 Å². The Balaban J connectivity index is 3.01. The summed E-state index contributed by atoms with van der Waals surface area (Å²) in [4.78, 5) is 0.141. The zero-order valence-electron chi connectivity index (χ0n) is 10.9. The van der Waals surface area contributed by atoms with Crippen LogP contribution in [0.4, 0.5) is 5.69 Å². The summed E-state index contributed by atoms with van der Waals surface area (Å²) in [6.45, 7) is 3.54. The molecular weight excluding hydrogens is 352 g/mol. The SMILES string of the molecule is Cc1cc(Br)c(N)cc1S(=O)(=O)NCC(C)S(C)=O. The number of anilines is 1. The number of hydrogen-bond acceptors (Lipinski definition) is 4. The van der Waals surface area contributed by atoms with E-state index >= 15 is 0 Å². The number of halogens is 1. The highest BCUT2D eigenvalue weighted by molar-refractivity contribution is 9.10. The van der Waals surface area contributed by atoms with Gasteiger partial charge >= 0.3 is 0 Å². The molecule has 0 radical (unpaired) electrons. The van der Waals surface area contributed by atoms with E-state index in [4.69, 9.17) is 5.73 Å². The molecule has 0 fully saturated rings. The summed E-state index contributed by atoms with van der Waals surface area (Å²) in [7, 11) is -4.72. The summed E-state index contributed by atoms with van der Waals surface area (Å²) >= 11 is 3.25. The first kappa shape index (κ1) is 16.6. The van der Waals surface area contributed by atoms with Crippen molar-refractivity contribution in [1.29, 1.82) is 0 Å². The molecule has 5 nitrogen and oxygen atoms in total. The lowest BCUT2D eigenvalue weighted by Gasteiger charge is -2.13. The molecule has 8 heteroatoms. The zero-order chi connectivity index (χ0) is 14.8. The summed E-state index contributed by atoms with van der Waals surface area (Å²) in [5, 5.41) is -0.247. The number of rotatable bonds is 5. The number of nitrogens with one attached hydrogen (secondary N) is 1. The second kappa shape index (κ2) is 6.34. The van der Waals surface area contributed by atoms with Crippen LogP contribution in [-0.4, -0.2) is 30.7 Å². The third-order valence-electron chi connectivity index (χ3n) is 2.71. The molecule has 1 rings (SSSR count). The molecular formula is C11H17BrN2O3S2. The quantitative estimate of drug-likeness (QED) is 0.768. The molecule has 19 heavy (non-hydrogen) atoms. The van der Waals surface area contributed by atoms with Crippen molar-refractivity contribution >= 4 is 42.4 Å². The number of sulfonamides is 1. The minimum atomic E-state index is -3.64. The lowest BCUT2D eigenvalue weighted by atomic mass is 10.2. The summed E-state index contributed by atoms with van der Waals surface area (Å²) in [5.41, 5.74) is 6.66. The monoisotopic (exact) mass is 368 g/mol. The van der Waals surface area contributed by atoms with E-state index in [1.807, 2.05) is 0 Å². The normalized spacial score (nSPS) is 15.2. The van der Waals surface area contributed by atoms with Crippen molar-refractivity contribution in [2.45, 2.75) is 24.0 Å². The van der Waals surface area contributed by atoms with E-state index in [0.29, 0.717) is 15.7 Å². The predicted octanol–water partition coefficient (Wildman–Crippen LogP) is 1.39. The smallest absolute Gasteiger partial charge is 0.240 e. The van der Waals surface area contributed by atoms with Crippen molar-refractivity contribution in [2.24, 2.45) is 0 Å². The average Bonchev–Trinajstić information content (AvgIpc) is 2.30. The fraction of sp³-hybridized carbons (Fsp3) is 0.455. The Morgan fingerprint density at radius 3 is 2.58 bits per heavy atom. The fourth-order valence-electron chi connectivity index (χ4n) is 1.38. The van der Waals surface area contributed by atoms with E-state index in [-0.39, 0.29) is 16.7 Å². The molecule has 0 saturated heterocycles. The standard InChI is InChI=1S/C11H17BrN2O3S2/c1-7-4-9(12)10(13)5-11(7)19(16,17)14-6-8(2)18(3)15/h4-5,8,14H,6,13H2,1-3H3. The van der Waals surface area contributed by atoms with Gasteiger partial charge in [-0.15, -0.1) is 0 Å². The highest BCUT2D eigenvalue weighted by atomic mass is 79.9. The van der Waals surface area contributed by atoms with Gasteiger partial charge in [0.25, 0.3) is 0 Å². The highest BCUT2D eigenvalue weighted by Gasteiger charge is 2.19. The Labute approximate surface area is 124 Å². The number of nitrogen functional groups attached to an aromatic ring is 1. The topological polar surface area (TPSA) is 89.3 Å². The van der Waals surface area contributed by atoms with Gasteiger partial charge in [-0.25, -0.2) is 13.1 Å². The number of hydrogen-bond donors (Lipinski definition) is 2. The lowest BCUT2D eigenvalue weighted by molar-refractivity contribution is 0.580. The van der Waals surface area contributed by atoms with Gasteiger partial charge in [0.1, 0.15) is 0 Å². The van der Waals surface area contributed by atoms with Crippen LogP contribution < -0.4 is 10.5 Å². The van der Waals surface area contributed by atoms with Crippen molar-refractivity contribution in [3.63, 3.8) is 0 Å². The Bertz CT molecular complexity index is 602. The van der Waals surface area contributed by atoms with Gasteiger partial charge in [-0.2, -0.15) is 0 Å². The van der Waals surface area contributed by atoms with E-state index in [0.717, 1.165) is 0 Å². The van der Waals surface area contributed by atoms with Crippen LogP contribution in [0.5, 0.6) is 0 Å². The van der Waals surface area contributed by atoms with Crippen LogP contribution >= 0.6 is 15.9 Å². The van der Waals surface area contributed by atoms with Crippen LogP contribution in [0.3, 0.4) is 0 Å². The van der Waals surface area contributed by atoms with Crippen LogP contribution in [0.15, 0.2) is 21.5 Å². The van der Waals surface area contributed by atoms with Gasteiger partial charge in [0.05, 0.1) is 4.90 Å². The van der Waals surface area contributed by atoms with Crippen molar-refractivity contribution in [2.75, 3.05) is 18.5 Å². The van der Waals surface area contributed by atoms with Gasteiger partial charge in [-0.3, -0.25) is 4.21 Å². The maximum absolute atomic E-state index is 12.2. The Morgan fingerprint density at radius 2 is 2.05 bits per heavy atom. The molecule has 2 unspecified atom stereocenters. The molecule has 0 aliphatic heterocycles. The third kappa shape index (κ3) is 4.27. The molecule has 0 bridgehead atoms. The molecule has 0 aliphatic carbocycles. The number of aryl methyl sites for hydroxylation is 1. The first-order valence-corrected chi connectivity index (χ1v) is 9.42. The average molecular weight is 369 g/mol. The molecule has 0 amide bonds. The summed E-state index contributed by atoms with van der Waals surface area (Å²) in [6, 6.07) is 3.07. The molecule has 0 heterocycles. The van der Waals surface area contributed by atoms with Crippen molar-refractivity contribution in [3.05, 3.63) is 22.2 Å². The Morgan fingerprint density at radius 1 is 1.47 bits per heavy atom. The van der Waals surface area contributed by atoms with Crippen molar-refractivity contribution < 1.29 is 12.6 Å². The molecule has 108 valence electrons. The predicted molar refractivity (Wildman–Crippen MR) is 82.0 cm³/mol. The highest BCUT2D eigenvalue weighted by Crippen LogP contribution is 2.26. The Kier molecular flexibility index (Phi) is 5.54. The van der Waals surface area contributed by atoms with Gasteiger partial charge in [-0.1, -0.05) is 0 Å². The van der Waals surface area contributed by atoms with E-state index < -0.39 is 20.8 Å². The second-order valence-corrected chi connectivity index (χ2v) is 8.69. The van der Waals surface area contributed by atoms with Gasteiger partial charge in [0, 0.05) is 39.0 Å². The second-order valence-electron chi connectivity index (χ2n) is 4.30. The zero-order valence-corrected chi connectivity index (χ0v) is 14.2. The first-order chi connectivity index (χ1) is 8.65. The van der Waals surface area contributed by atoms with Crippen LogP contribution in [0.1, 0.15) is 12.5 Å². The first-order valence-electron chi connectivity index (χ1n) is 5.52. The summed E-state index contributed by atoms with van der Waals surface area (Å²) in [5.74, 6) is 0. The minimum Gasteiger partial charge on any atom is -0.398 e. The fourth-order valence-corrected chi connectivity index (χ4v) is 3.65. The number of benzene rings is 1. The Hall–Kier alpha value is -0.440. The van der Waals surface area contributed by atoms with E-state index in [1.54, 1.807) is 26.2 Å². The molecule has 0 aliphatic rings. The van der Waals surface area contributed by atoms with E-state index in [2.05, 4.69) is 20.7 Å². The molecule has 1 aromatic carbocycles. The molecule has 3 N–H and O–H groups in total. The van der Waals surface area contributed by atoms with Crippen LogP contribution in [0.2, 0.25) is 0 Å². The molecule has 2 atom stereocenters. The minimum absolute atomic E-state index is 0.126. The van der Waals surface area contributed by atoms with Crippen molar-refractivity contribution in [3.8, 4) is 0 Å².